The standard InChI is InChI=1S/C7H7N3OS/c1-5-6(12-4-10-5)7(11)9-3-2-8/h4H,3H2,1H3,(H,9,11). The number of aryl methyl sites for hydroxylation is 1. The van der Waals surface area contributed by atoms with Gasteiger partial charge >= 0.3 is 0 Å². The third-order valence-electron chi connectivity index (χ3n) is 1.28. The summed E-state index contributed by atoms with van der Waals surface area (Å²) >= 11 is 1.28. The molecule has 5 heteroatoms. The van der Waals surface area contributed by atoms with Crippen molar-refractivity contribution in [2.24, 2.45) is 0 Å². The number of thiazole rings is 1. The summed E-state index contributed by atoms with van der Waals surface area (Å²) in [4.78, 5) is 15.7. The van der Waals surface area contributed by atoms with E-state index in [-0.39, 0.29) is 12.5 Å². The quantitative estimate of drug-likeness (QED) is 0.683. The van der Waals surface area contributed by atoms with Gasteiger partial charge in [-0.15, -0.1) is 11.3 Å². The first-order valence-electron chi connectivity index (χ1n) is 3.31. The molecular formula is C7H7N3OS. The number of nitriles is 1. The molecule has 0 spiro atoms. The number of amides is 1. The summed E-state index contributed by atoms with van der Waals surface area (Å²) in [5, 5.41) is 10.7. The fourth-order valence-corrected chi connectivity index (χ4v) is 1.44. The number of aromatic nitrogens is 1. The molecule has 1 aromatic heterocycles. The van der Waals surface area contributed by atoms with Gasteiger partial charge in [0.2, 0.25) is 0 Å². The van der Waals surface area contributed by atoms with Gasteiger partial charge in [-0.25, -0.2) is 4.98 Å². The van der Waals surface area contributed by atoms with E-state index in [1.54, 1.807) is 12.4 Å². The van der Waals surface area contributed by atoms with E-state index in [1.807, 2.05) is 6.07 Å². The summed E-state index contributed by atoms with van der Waals surface area (Å²) in [6.07, 6.45) is 0. The Labute approximate surface area is 73.9 Å². The Morgan fingerprint density at radius 1 is 1.92 bits per heavy atom. The largest absolute Gasteiger partial charge is 0.338 e. The van der Waals surface area contributed by atoms with Crippen LogP contribution in [0.15, 0.2) is 5.51 Å². The maximum atomic E-state index is 11.2. The van der Waals surface area contributed by atoms with Crippen molar-refractivity contribution in [3.8, 4) is 6.07 Å². The molecule has 0 saturated carbocycles. The Bertz CT molecular complexity index is 326. The first-order valence-corrected chi connectivity index (χ1v) is 4.19. The van der Waals surface area contributed by atoms with Gasteiger partial charge in [0.25, 0.3) is 5.91 Å². The maximum Gasteiger partial charge on any atom is 0.264 e. The first-order chi connectivity index (χ1) is 5.75. The van der Waals surface area contributed by atoms with Gasteiger partial charge in [-0.2, -0.15) is 5.26 Å². The second kappa shape index (κ2) is 3.83. The number of nitrogens with one attached hydrogen (secondary N) is 1. The Kier molecular flexibility index (Phi) is 2.77. The van der Waals surface area contributed by atoms with E-state index in [2.05, 4.69) is 10.3 Å². The fourth-order valence-electron chi connectivity index (χ4n) is 0.720. The van der Waals surface area contributed by atoms with E-state index >= 15 is 0 Å². The molecular weight excluding hydrogens is 174 g/mol. The third kappa shape index (κ3) is 1.80. The normalized spacial score (nSPS) is 9.00. The summed E-state index contributed by atoms with van der Waals surface area (Å²) in [7, 11) is 0. The van der Waals surface area contributed by atoms with Crippen molar-refractivity contribution in [3.63, 3.8) is 0 Å². The van der Waals surface area contributed by atoms with Crippen LogP contribution in [0.4, 0.5) is 0 Å². The Balaban J connectivity index is 2.67. The van der Waals surface area contributed by atoms with E-state index in [4.69, 9.17) is 5.26 Å². The van der Waals surface area contributed by atoms with Crippen LogP contribution in [0.5, 0.6) is 0 Å². The van der Waals surface area contributed by atoms with Crippen molar-refractivity contribution in [1.82, 2.24) is 10.3 Å². The lowest BCUT2D eigenvalue weighted by molar-refractivity contribution is 0.0962. The summed E-state index contributed by atoms with van der Waals surface area (Å²) < 4.78 is 0. The van der Waals surface area contributed by atoms with Crippen molar-refractivity contribution in [2.45, 2.75) is 6.92 Å². The highest BCUT2D eigenvalue weighted by molar-refractivity contribution is 7.11. The van der Waals surface area contributed by atoms with E-state index in [0.717, 1.165) is 0 Å². The molecule has 62 valence electrons. The molecule has 1 heterocycles. The molecule has 4 nitrogen and oxygen atoms in total. The maximum absolute atomic E-state index is 11.2. The molecule has 1 rings (SSSR count). The highest BCUT2D eigenvalue weighted by Gasteiger charge is 2.09. The molecule has 0 aromatic carbocycles. The summed E-state index contributed by atoms with van der Waals surface area (Å²) in [6.45, 7) is 1.80. The second-order valence-corrected chi connectivity index (χ2v) is 2.96. The van der Waals surface area contributed by atoms with Gasteiger partial charge in [0.15, 0.2) is 0 Å². The molecule has 0 saturated heterocycles. The Morgan fingerprint density at radius 2 is 2.67 bits per heavy atom. The molecule has 0 unspecified atom stereocenters. The zero-order valence-electron chi connectivity index (χ0n) is 6.50. The monoisotopic (exact) mass is 181 g/mol. The lowest BCUT2D eigenvalue weighted by Crippen LogP contribution is -2.23. The molecule has 1 amide bonds. The SMILES string of the molecule is Cc1ncsc1C(=O)NCC#N. The minimum atomic E-state index is -0.225. The Morgan fingerprint density at radius 3 is 3.17 bits per heavy atom. The van der Waals surface area contributed by atoms with Crippen molar-refractivity contribution in [1.29, 1.82) is 5.26 Å². The molecule has 0 fully saturated rings. The van der Waals surface area contributed by atoms with Crippen molar-refractivity contribution in [2.75, 3.05) is 6.54 Å². The van der Waals surface area contributed by atoms with E-state index in [0.29, 0.717) is 10.6 Å². The van der Waals surface area contributed by atoms with E-state index < -0.39 is 0 Å². The van der Waals surface area contributed by atoms with Crippen LogP contribution in [-0.4, -0.2) is 17.4 Å². The predicted octanol–water partition coefficient (Wildman–Crippen LogP) is 0.705. The smallest absolute Gasteiger partial charge is 0.264 e. The van der Waals surface area contributed by atoms with Gasteiger partial charge in [0.05, 0.1) is 17.3 Å². The predicted molar refractivity (Wildman–Crippen MR) is 44.8 cm³/mol. The number of hydrogen-bond acceptors (Lipinski definition) is 4. The first kappa shape index (κ1) is 8.68. The van der Waals surface area contributed by atoms with Crippen molar-refractivity contribution < 1.29 is 4.79 Å². The number of carbonyl (C=O) groups excluding carboxylic acids is 1. The zero-order chi connectivity index (χ0) is 8.97. The van der Waals surface area contributed by atoms with Crippen LogP contribution < -0.4 is 5.32 Å². The highest BCUT2D eigenvalue weighted by atomic mass is 32.1. The number of hydrogen-bond donors (Lipinski definition) is 1. The minimum Gasteiger partial charge on any atom is -0.338 e. The van der Waals surface area contributed by atoms with Gasteiger partial charge in [-0.3, -0.25) is 4.79 Å². The fraction of sp³-hybridized carbons (Fsp3) is 0.286. The number of rotatable bonds is 2. The van der Waals surface area contributed by atoms with Crippen LogP contribution in [0.3, 0.4) is 0 Å². The van der Waals surface area contributed by atoms with Crippen molar-refractivity contribution in [3.05, 3.63) is 16.1 Å². The Hall–Kier alpha value is -1.41. The lowest BCUT2D eigenvalue weighted by atomic mass is 10.4. The molecule has 0 aliphatic rings. The van der Waals surface area contributed by atoms with Gasteiger partial charge in [0, 0.05) is 0 Å². The van der Waals surface area contributed by atoms with Crippen LogP contribution in [-0.2, 0) is 0 Å². The average Bonchev–Trinajstić information content (AvgIpc) is 2.47. The zero-order valence-corrected chi connectivity index (χ0v) is 7.31. The molecule has 0 atom stereocenters. The van der Waals surface area contributed by atoms with Gasteiger partial charge in [-0.1, -0.05) is 0 Å². The van der Waals surface area contributed by atoms with Gasteiger partial charge in [0.1, 0.15) is 11.4 Å². The van der Waals surface area contributed by atoms with E-state index in [9.17, 15) is 4.79 Å². The topological polar surface area (TPSA) is 65.8 Å². The summed E-state index contributed by atoms with van der Waals surface area (Å²) in [5.41, 5.74) is 2.31. The van der Waals surface area contributed by atoms with E-state index in [1.165, 1.54) is 11.3 Å². The molecule has 0 aliphatic heterocycles. The van der Waals surface area contributed by atoms with Crippen LogP contribution in [0.1, 0.15) is 15.4 Å². The number of nitrogens with zero attached hydrogens (tertiary/aromatic N) is 2. The summed E-state index contributed by atoms with van der Waals surface area (Å²) in [6, 6.07) is 1.83. The van der Waals surface area contributed by atoms with Crippen LogP contribution >= 0.6 is 11.3 Å². The molecule has 0 bridgehead atoms. The average molecular weight is 181 g/mol. The molecule has 12 heavy (non-hydrogen) atoms. The molecule has 0 radical (unpaired) electrons. The van der Waals surface area contributed by atoms with Gasteiger partial charge in [-0.05, 0) is 6.92 Å². The second-order valence-electron chi connectivity index (χ2n) is 2.11. The minimum absolute atomic E-state index is 0.0379. The van der Waals surface area contributed by atoms with Crippen molar-refractivity contribution >= 4 is 17.2 Å². The van der Waals surface area contributed by atoms with Crippen LogP contribution in [0, 0.1) is 18.3 Å². The van der Waals surface area contributed by atoms with Crippen LogP contribution in [0.2, 0.25) is 0 Å². The molecule has 1 aromatic rings. The van der Waals surface area contributed by atoms with Crippen LogP contribution in [0.25, 0.3) is 0 Å². The lowest BCUT2D eigenvalue weighted by Gasteiger charge is -1.96. The molecule has 1 N–H and O–H groups in total. The third-order valence-corrected chi connectivity index (χ3v) is 2.21. The van der Waals surface area contributed by atoms with Gasteiger partial charge < -0.3 is 5.32 Å². The number of carbonyl (C=O) groups is 1. The highest BCUT2D eigenvalue weighted by Crippen LogP contribution is 2.10. The molecule has 0 aliphatic carbocycles. The summed E-state index contributed by atoms with van der Waals surface area (Å²) in [5.74, 6) is -0.225.